The molecule has 0 radical (unpaired) electrons. The smallest absolute Gasteiger partial charge is 0.271 e. The van der Waals surface area contributed by atoms with Crippen LogP contribution in [0.3, 0.4) is 0 Å². The summed E-state index contributed by atoms with van der Waals surface area (Å²) >= 11 is 0. The van der Waals surface area contributed by atoms with E-state index < -0.39 is 10.1 Å². The number of hydrogen-bond acceptors (Lipinski definition) is 3. The lowest BCUT2D eigenvalue weighted by Gasteiger charge is -1.95. The number of rotatable bonds is 3. The van der Waals surface area contributed by atoms with Crippen LogP contribution in [0.1, 0.15) is 0 Å². The first-order valence-corrected chi connectivity index (χ1v) is 6.36. The van der Waals surface area contributed by atoms with Gasteiger partial charge in [0, 0.05) is 16.6 Å². The molecule has 0 fully saturated rings. The second-order valence-electron chi connectivity index (χ2n) is 3.42. The zero-order valence-electron chi connectivity index (χ0n) is 8.44. The fourth-order valence-corrected chi connectivity index (χ4v) is 1.81. The van der Waals surface area contributed by atoms with Crippen molar-refractivity contribution in [2.24, 2.45) is 0 Å². The highest BCUT2D eigenvalue weighted by Crippen LogP contribution is 2.06. The highest BCUT2D eigenvalue weighted by molar-refractivity contribution is 7.85. The van der Waals surface area contributed by atoms with Crippen LogP contribution in [-0.4, -0.2) is 23.8 Å². The van der Waals surface area contributed by atoms with Crippen molar-refractivity contribution in [3.8, 4) is 0 Å². The Balaban J connectivity index is 2.26. The van der Waals surface area contributed by atoms with E-state index in [9.17, 15) is 8.42 Å². The normalized spacial score (nSPS) is 11.8. The monoisotopic (exact) mass is 239 g/mol. The Kier molecular flexibility index (Phi) is 2.84. The molecule has 1 N–H and O–H groups in total. The van der Waals surface area contributed by atoms with E-state index in [-0.39, 0.29) is 12.3 Å². The molecule has 1 aromatic carbocycles. The van der Waals surface area contributed by atoms with Crippen LogP contribution in [0.5, 0.6) is 0 Å². The Hall–Kier alpha value is -1.53. The molecule has 0 aliphatic rings. The zero-order chi connectivity index (χ0) is 11.6. The van der Waals surface area contributed by atoms with Gasteiger partial charge >= 0.3 is 0 Å². The quantitative estimate of drug-likeness (QED) is 0.622. The number of nitrogens with zero attached hydrogens (tertiary/aromatic N) is 2. The first kappa shape index (κ1) is 11.0. The first-order chi connectivity index (χ1) is 7.54. The van der Waals surface area contributed by atoms with Crippen molar-refractivity contribution in [1.29, 1.82) is 0 Å². The summed E-state index contributed by atoms with van der Waals surface area (Å²) in [6.45, 7) is 0.143. The van der Waals surface area contributed by atoms with Crippen LogP contribution in [0, 0.1) is 0 Å². The molecule has 6 heteroatoms. The molecule has 1 aromatic heterocycles. The Morgan fingerprint density at radius 2 is 2.00 bits per heavy atom. The lowest BCUT2D eigenvalue weighted by Crippen LogP contribution is -2.40. The molecule has 0 unspecified atom stereocenters. The first-order valence-electron chi connectivity index (χ1n) is 4.75. The molecular weight excluding hydrogens is 228 g/mol. The highest BCUT2D eigenvalue weighted by atomic mass is 32.2. The van der Waals surface area contributed by atoms with E-state index in [1.54, 1.807) is 6.20 Å². The molecule has 0 aliphatic carbocycles. The van der Waals surface area contributed by atoms with Crippen molar-refractivity contribution >= 4 is 21.0 Å². The van der Waals surface area contributed by atoms with Crippen LogP contribution in [-0.2, 0) is 16.7 Å². The molecule has 2 rings (SSSR count). The minimum Gasteiger partial charge on any atom is -0.285 e. The van der Waals surface area contributed by atoms with Gasteiger partial charge in [0.25, 0.3) is 10.1 Å². The Labute approximate surface area is 93.1 Å². The third-order valence-electron chi connectivity index (χ3n) is 2.18. The average molecular weight is 239 g/mol. The van der Waals surface area contributed by atoms with Crippen molar-refractivity contribution in [3.05, 3.63) is 36.5 Å². The minimum absolute atomic E-state index is 0.143. The van der Waals surface area contributed by atoms with Crippen molar-refractivity contribution in [3.63, 3.8) is 0 Å². The molecule has 0 saturated heterocycles. The second-order valence-corrected chi connectivity index (χ2v) is 5.00. The largest absolute Gasteiger partial charge is 0.285 e. The predicted molar refractivity (Wildman–Crippen MR) is 58.4 cm³/mol. The van der Waals surface area contributed by atoms with Crippen molar-refractivity contribution < 1.29 is 17.7 Å². The third-order valence-corrected chi connectivity index (χ3v) is 2.88. The molecule has 2 aromatic rings. The lowest BCUT2D eigenvalue weighted by molar-refractivity contribution is -0.747. The van der Waals surface area contributed by atoms with Crippen LogP contribution in [0.25, 0.3) is 10.9 Å². The molecule has 0 atom stereocenters. The van der Waals surface area contributed by atoms with E-state index in [4.69, 9.17) is 4.55 Å². The summed E-state index contributed by atoms with van der Waals surface area (Å²) in [6, 6.07) is 9.40. The van der Waals surface area contributed by atoms with Crippen LogP contribution in [0.15, 0.2) is 36.5 Å². The van der Waals surface area contributed by atoms with E-state index >= 15 is 0 Å². The van der Waals surface area contributed by atoms with E-state index in [0.717, 1.165) is 10.9 Å². The Morgan fingerprint density at radius 1 is 1.25 bits per heavy atom. The summed E-state index contributed by atoms with van der Waals surface area (Å²) in [6.07, 6.45) is 1.69. The number of benzene rings is 1. The van der Waals surface area contributed by atoms with E-state index in [2.05, 4.69) is 5.10 Å². The van der Waals surface area contributed by atoms with Gasteiger partial charge in [-0.3, -0.25) is 4.55 Å². The molecule has 1 heterocycles. The summed E-state index contributed by atoms with van der Waals surface area (Å²) < 4.78 is 31.3. The number of aromatic nitrogens is 2. The van der Waals surface area contributed by atoms with Gasteiger partial charge in [-0.15, -0.1) is 0 Å². The van der Waals surface area contributed by atoms with Gasteiger partial charge < -0.3 is 0 Å². The summed E-state index contributed by atoms with van der Waals surface area (Å²) in [5.74, 6) is -0.330. The molecule has 0 amide bonds. The number of fused-ring (bicyclic) bond motifs is 1. The fraction of sp³-hybridized carbons (Fsp3) is 0.200. The van der Waals surface area contributed by atoms with Crippen LogP contribution < -0.4 is 4.68 Å². The average Bonchev–Trinajstić information content (AvgIpc) is 2.25. The number of hydrogen-bond donors (Lipinski definition) is 1. The van der Waals surface area contributed by atoms with Crippen LogP contribution in [0.4, 0.5) is 0 Å². The summed E-state index contributed by atoms with van der Waals surface area (Å²) in [7, 11) is -3.94. The van der Waals surface area contributed by atoms with Gasteiger partial charge in [0.1, 0.15) is 11.3 Å². The maximum Gasteiger partial charge on any atom is 0.271 e. The topological polar surface area (TPSA) is 71.1 Å². The Bertz CT molecular complexity index is 610. The molecule has 0 spiro atoms. The SMILES string of the molecule is O=S(=O)(O)CC[n+]1ccc2ccccc2n1. The summed E-state index contributed by atoms with van der Waals surface area (Å²) in [4.78, 5) is 0. The second kappa shape index (κ2) is 4.15. The van der Waals surface area contributed by atoms with Gasteiger partial charge in [0.05, 0.1) is 0 Å². The van der Waals surface area contributed by atoms with Gasteiger partial charge in [-0.25, -0.2) is 0 Å². The molecule has 84 valence electrons. The van der Waals surface area contributed by atoms with Gasteiger partial charge in [-0.05, 0) is 6.07 Å². The lowest BCUT2D eigenvalue weighted by atomic mass is 10.2. The Morgan fingerprint density at radius 3 is 2.75 bits per heavy atom. The van der Waals surface area contributed by atoms with E-state index in [1.807, 2.05) is 30.3 Å². The molecule has 5 nitrogen and oxygen atoms in total. The highest BCUT2D eigenvalue weighted by Gasteiger charge is 2.11. The maximum atomic E-state index is 10.6. The maximum absolute atomic E-state index is 10.6. The van der Waals surface area contributed by atoms with Crippen molar-refractivity contribution in [2.75, 3.05) is 5.75 Å². The molecule has 0 bridgehead atoms. The van der Waals surface area contributed by atoms with E-state index in [1.165, 1.54) is 4.68 Å². The summed E-state index contributed by atoms with van der Waals surface area (Å²) in [5.41, 5.74) is 0.792. The minimum atomic E-state index is -3.94. The van der Waals surface area contributed by atoms with Gasteiger partial charge in [0.2, 0.25) is 0 Å². The number of aryl methyl sites for hydroxylation is 1. The molecule has 0 aliphatic heterocycles. The molecule has 16 heavy (non-hydrogen) atoms. The van der Waals surface area contributed by atoms with E-state index in [0.29, 0.717) is 0 Å². The summed E-state index contributed by atoms with van der Waals surface area (Å²) in [5, 5.41) is 5.21. The van der Waals surface area contributed by atoms with Crippen LogP contribution in [0.2, 0.25) is 0 Å². The fourth-order valence-electron chi connectivity index (χ4n) is 1.39. The zero-order valence-corrected chi connectivity index (χ0v) is 9.26. The van der Waals surface area contributed by atoms with Gasteiger partial charge in [-0.2, -0.15) is 8.42 Å². The van der Waals surface area contributed by atoms with Crippen molar-refractivity contribution in [2.45, 2.75) is 6.54 Å². The molecule has 0 saturated carbocycles. The standard InChI is InChI=1S/C10H10N2O3S/c13-16(14,15)8-7-12-6-5-9-3-1-2-4-10(9)11-12/h1-6H,7-8H2/p+1. The molecular formula is C10H11N2O3S+. The van der Waals surface area contributed by atoms with Gasteiger partial charge in [-0.1, -0.05) is 22.9 Å². The van der Waals surface area contributed by atoms with Crippen LogP contribution >= 0.6 is 0 Å². The van der Waals surface area contributed by atoms with Crippen molar-refractivity contribution in [1.82, 2.24) is 5.10 Å². The third kappa shape index (κ3) is 2.74. The van der Waals surface area contributed by atoms with Gasteiger partial charge in [0.15, 0.2) is 12.7 Å². The predicted octanol–water partition coefficient (Wildman–Crippen LogP) is 0.410.